The minimum atomic E-state index is -0.855. The topological polar surface area (TPSA) is 156 Å². The predicted octanol–water partition coefficient (Wildman–Crippen LogP) is 0.852. The van der Waals surface area contributed by atoms with Gasteiger partial charge in [-0.15, -0.1) is 0 Å². The molecule has 11 heteroatoms. The zero-order valence-corrected chi connectivity index (χ0v) is 22.4. The number of amides is 4. The highest BCUT2D eigenvalue weighted by Gasteiger charge is 2.30. The van der Waals surface area contributed by atoms with Crippen LogP contribution in [0.25, 0.3) is 0 Å². The van der Waals surface area contributed by atoms with Crippen molar-refractivity contribution in [1.82, 2.24) is 16.0 Å². The van der Waals surface area contributed by atoms with E-state index < -0.39 is 41.9 Å². The zero-order chi connectivity index (χ0) is 25.6. The third kappa shape index (κ3) is 13.7. The van der Waals surface area contributed by atoms with Crippen LogP contribution in [0, 0.1) is 11.8 Å². The Hall–Kier alpha value is -1.46. The van der Waals surface area contributed by atoms with Gasteiger partial charge in [-0.1, -0.05) is 27.7 Å². The van der Waals surface area contributed by atoms with Crippen LogP contribution in [-0.4, -0.2) is 71.8 Å². The van der Waals surface area contributed by atoms with Crippen LogP contribution in [0.2, 0.25) is 0 Å². The Labute approximate surface area is 207 Å². The molecule has 192 valence electrons. The van der Waals surface area contributed by atoms with E-state index in [0.29, 0.717) is 37.2 Å². The molecule has 0 aliphatic carbocycles. The summed E-state index contributed by atoms with van der Waals surface area (Å²) in [6.45, 7) is 7.81. The first-order valence-corrected chi connectivity index (χ1v) is 14.1. The number of rotatable bonds is 17. The number of thioether (sulfide) groups is 2. The molecule has 0 radical (unpaired) electrons. The lowest BCUT2D eigenvalue weighted by Crippen LogP contribution is -2.58. The molecule has 0 spiro atoms. The lowest BCUT2D eigenvalue weighted by atomic mass is 10.0. The molecule has 7 N–H and O–H groups in total. The highest BCUT2D eigenvalue weighted by atomic mass is 32.2. The first kappa shape index (κ1) is 31.5. The quantitative estimate of drug-likeness (QED) is 0.196. The molecule has 0 aliphatic rings. The van der Waals surface area contributed by atoms with Crippen LogP contribution in [0.4, 0.5) is 0 Å². The van der Waals surface area contributed by atoms with Gasteiger partial charge in [-0.25, -0.2) is 0 Å². The molecular formula is C22H43N5O4S2. The fourth-order valence-corrected chi connectivity index (χ4v) is 4.11. The summed E-state index contributed by atoms with van der Waals surface area (Å²) in [5.74, 6) is -0.253. The first-order chi connectivity index (χ1) is 15.4. The Kier molecular flexibility index (Phi) is 16.3. The Morgan fingerprint density at radius 3 is 1.58 bits per heavy atom. The number of nitrogens with one attached hydrogen (secondary N) is 3. The largest absolute Gasteiger partial charge is 0.368 e. The normalized spacial score (nSPS) is 14.9. The number of hydrogen-bond donors (Lipinski definition) is 5. The summed E-state index contributed by atoms with van der Waals surface area (Å²) in [4.78, 5) is 50.3. The molecule has 0 rings (SSSR count). The molecule has 33 heavy (non-hydrogen) atoms. The van der Waals surface area contributed by atoms with Crippen molar-refractivity contribution in [3.8, 4) is 0 Å². The molecule has 0 saturated heterocycles. The Morgan fingerprint density at radius 2 is 1.12 bits per heavy atom. The summed E-state index contributed by atoms with van der Waals surface area (Å²) >= 11 is 3.10. The van der Waals surface area contributed by atoms with E-state index in [-0.39, 0.29) is 17.7 Å². The van der Waals surface area contributed by atoms with Crippen LogP contribution in [-0.2, 0) is 19.2 Å². The van der Waals surface area contributed by atoms with Crippen LogP contribution in [0.5, 0.6) is 0 Å². The van der Waals surface area contributed by atoms with Crippen molar-refractivity contribution in [2.45, 2.75) is 77.5 Å². The Morgan fingerprint density at radius 1 is 0.697 bits per heavy atom. The second-order valence-corrected chi connectivity index (χ2v) is 11.0. The van der Waals surface area contributed by atoms with E-state index in [4.69, 9.17) is 11.5 Å². The number of nitrogens with two attached hydrogens (primary N) is 2. The molecule has 0 unspecified atom stereocenters. The maximum atomic E-state index is 13.1. The number of carbonyl (C=O) groups is 4. The van der Waals surface area contributed by atoms with E-state index in [9.17, 15) is 19.2 Å². The second-order valence-electron chi connectivity index (χ2n) is 9.01. The Bertz CT molecular complexity index is 634. The molecule has 0 aromatic carbocycles. The van der Waals surface area contributed by atoms with Gasteiger partial charge in [0.2, 0.25) is 23.6 Å². The molecule has 9 nitrogen and oxygen atoms in total. The van der Waals surface area contributed by atoms with Crippen LogP contribution in [0.15, 0.2) is 0 Å². The maximum Gasteiger partial charge on any atom is 0.243 e. The third-order valence-corrected chi connectivity index (χ3v) is 6.20. The molecule has 0 aromatic rings. The van der Waals surface area contributed by atoms with Crippen LogP contribution < -0.4 is 27.4 Å². The highest BCUT2D eigenvalue weighted by molar-refractivity contribution is 7.98. The highest BCUT2D eigenvalue weighted by Crippen LogP contribution is 2.10. The lowest BCUT2D eigenvalue weighted by molar-refractivity contribution is -0.133. The number of hydrogen-bond acceptors (Lipinski definition) is 7. The van der Waals surface area contributed by atoms with Crippen molar-refractivity contribution in [2.75, 3.05) is 24.0 Å². The molecule has 0 aliphatic heterocycles. The first-order valence-electron chi connectivity index (χ1n) is 11.4. The standard InChI is InChI=1S/C22H43N5O4S2/c1-13(2)11-15(23)20(29)26-17(8-10-33-6)21(30)27-18(12-14(3)4)22(31)25-16(19(24)28)7-9-32-5/h13-18H,7-12,23H2,1-6H3,(H2,24,28)(H,25,31)(H,26,29)(H,27,30)/t15-,16-,17-,18-/m0/s1. The van der Waals surface area contributed by atoms with E-state index >= 15 is 0 Å². The summed E-state index contributed by atoms with van der Waals surface area (Å²) in [7, 11) is 0. The van der Waals surface area contributed by atoms with Crippen molar-refractivity contribution in [3.05, 3.63) is 0 Å². The van der Waals surface area contributed by atoms with Gasteiger partial charge in [0.1, 0.15) is 18.1 Å². The smallest absolute Gasteiger partial charge is 0.243 e. The molecule has 0 saturated carbocycles. The van der Waals surface area contributed by atoms with Gasteiger partial charge in [-0.2, -0.15) is 23.5 Å². The van der Waals surface area contributed by atoms with Crippen molar-refractivity contribution in [1.29, 1.82) is 0 Å². The summed E-state index contributed by atoms with van der Waals surface area (Å²) in [5.41, 5.74) is 11.4. The monoisotopic (exact) mass is 505 g/mol. The average Bonchev–Trinajstić information content (AvgIpc) is 2.71. The van der Waals surface area contributed by atoms with Crippen molar-refractivity contribution in [2.24, 2.45) is 23.3 Å². The van der Waals surface area contributed by atoms with Gasteiger partial charge in [0.15, 0.2) is 0 Å². The average molecular weight is 506 g/mol. The molecule has 0 bridgehead atoms. The predicted molar refractivity (Wildman–Crippen MR) is 138 cm³/mol. The van der Waals surface area contributed by atoms with Crippen LogP contribution in [0.3, 0.4) is 0 Å². The van der Waals surface area contributed by atoms with E-state index in [2.05, 4.69) is 16.0 Å². The SMILES string of the molecule is CSCC[C@H](NC(=O)[C@H](CC(C)C)NC(=O)[C@H](CCSC)NC(=O)[C@@H](N)CC(C)C)C(N)=O. The van der Waals surface area contributed by atoms with Crippen LogP contribution in [0.1, 0.15) is 53.4 Å². The summed E-state index contributed by atoms with van der Waals surface area (Å²) in [6.07, 6.45) is 5.51. The van der Waals surface area contributed by atoms with E-state index in [1.165, 1.54) is 0 Å². The van der Waals surface area contributed by atoms with Gasteiger partial charge < -0.3 is 27.4 Å². The molecule has 4 amide bonds. The van der Waals surface area contributed by atoms with Crippen molar-refractivity contribution < 1.29 is 19.2 Å². The van der Waals surface area contributed by atoms with Gasteiger partial charge in [-0.05, 0) is 61.5 Å². The van der Waals surface area contributed by atoms with E-state index in [1.807, 2.05) is 40.2 Å². The fourth-order valence-electron chi connectivity index (χ4n) is 3.17. The fraction of sp³-hybridized carbons (Fsp3) is 0.818. The molecule has 0 heterocycles. The maximum absolute atomic E-state index is 13.1. The van der Waals surface area contributed by atoms with Crippen molar-refractivity contribution in [3.63, 3.8) is 0 Å². The number of carbonyl (C=O) groups excluding carboxylic acids is 4. The molecular weight excluding hydrogens is 462 g/mol. The van der Waals surface area contributed by atoms with Gasteiger partial charge in [0.25, 0.3) is 0 Å². The molecule has 0 aromatic heterocycles. The number of primary amides is 1. The van der Waals surface area contributed by atoms with E-state index in [0.717, 1.165) is 0 Å². The summed E-state index contributed by atoms with van der Waals surface area (Å²) in [6, 6.07) is -3.18. The van der Waals surface area contributed by atoms with Crippen molar-refractivity contribution >= 4 is 47.2 Å². The van der Waals surface area contributed by atoms with Crippen LogP contribution >= 0.6 is 23.5 Å². The third-order valence-electron chi connectivity index (χ3n) is 4.92. The summed E-state index contributed by atoms with van der Waals surface area (Å²) < 4.78 is 0. The van der Waals surface area contributed by atoms with Gasteiger partial charge >= 0.3 is 0 Å². The minimum absolute atomic E-state index is 0.109. The minimum Gasteiger partial charge on any atom is -0.368 e. The Balaban J connectivity index is 5.41. The van der Waals surface area contributed by atoms with Gasteiger partial charge in [0.05, 0.1) is 6.04 Å². The molecule has 4 atom stereocenters. The van der Waals surface area contributed by atoms with Gasteiger partial charge in [-0.3, -0.25) is 19.2 Å². The lowest BCUT2D eigenvalue weighted by Gasteiger charge is -2.26. The molecule has 0 fully saturated rings. The van der Waals surface area contributed by atoms with Gasteiger partial charge in [0, 0.05) is 0 Å². The summed E-state index contributed by atoms with van der Waals surface area (Å²) in [5, 5.41) is 8.18. The zero-order valence-electron chi connectivity index (χ0n) is 20.8. The van der Waals surface area contributed by atoms with E-state index in [1.54, 1.807) is 23.5 Å². The second kappa shape index (κ2) is 17.0.